The molecule has 1 aromatic heterocycles. The third kappa shape index (κ3) is 4.23. The van der Waals surface area contributed by atoms with E-state index in [2.05, 4.69) is 135 Å². The van der Waals surface area contributed by atoms with Gasteiger partial charge < -0.3 is 15.5 Å². The number of rotatable bonds is 4. The third-order valence-corrected chi connectivity index (χ3v) is 7.95. The van der Waals surface area contributed by atoms with Crippen LogP contribution in [0.2, 0.25) is 0 Å². The molecule has 3 heterocycles. The highest BCUT2D eigenvalue weighted by molar-refractivity contribution is 9.10. The number of pyridine rings is 1. The summed E-state index contributed by atoms with van der Waals surface area (Å²) in [5.41, 5.74) is 7.04. The second-order valence-electron chi connectivity index (χ2n) is 9.93. The van der Waals surface area contributed by atoms with Gasteiger partial charge >= 0.3 is 0 Å². The zero-order valence-corrected chi connectivity index (χ0v) is 22.4. The Labute approximate surface area is 231 Å². The molecule has 3 aromatic carbocycles. The fourth-order valence-electron chi connectivity index (χ4n) is 5.62. The summed E-state index contributed by atoms with van der Waals surface area (Å²) >= 11 is 3.79. The van der Waals surface area contributed by atoms with Gasteiger partial charge in [0.15, 0.2) is 5.82 Å². The Morgan fingerprint density at radius 1 is 0.868 bits per heavy atom. The molecule has 0 fully saturated rings. The Bertz CT molecular complexity index is 1670. The zero-order valence-electron chi connectivity index (χ0n) is 20.8. The number of benzene rings is 3. The van der Waals surface area contributed by atoms with Crippen molar-refractivity contribution in [1.29, 1.82) is 0 Å². The summed E-state index contributed by atoms with van der Waals surface area (Å²) in [6.45, 7) is 0.821. The number of anilines is 2. The average Bonchev–Trinajstić information content (AvgIpc) is 3.36. The number of nitrogens with zero attached hydrogens (tertiary/aromatic N) is 2. The van der Waals surface area contributed by atoms with Crippen molar-refractivity contribution in [3.05, 3.63) is 131 Å². The highest BCUT2D eigenvalue weighted by Crippen LogP contribution is 2.44. The number of nitrogens with one attached hydrogen (secondary N) is 2. The van der Waals surface area contributed by atoms with Crippen LogP contribution in [0.25, 0.3) is 27.5 Å². The van der Waals surface area contributed by atoms with Gasteiger partial charge in [-0.05, 0) is 82.1 Å². The number of fused-ring (bicyclic) bond motifs is 2. The molecule has 0 amide bonds. The normalized spacial score (nSPS) is 19.7. The molecule has 4 nitrogen and oxygen atoms in total. The molecule has 186 valence electrons. The lowest BCUT2D eigenvalue weighted by atomic mass is 9.99. The Hall–Kier alpha value is -4.09. The van der Waals surface area contributed by atoms with Crippen molar-refractivity contribution in [3.8, 4) is 11.1 Å². The molecule has 4 aromatic rings. The largest absolute Gasteiger partial charge is 0.387 e. The van der Waals surface area contributed by atoms with Crippen molar-refractivity contribution < 1.29 is 0 Å². The molecule has 38 heavy (non-hydrogen) atoms. The van der Waals surface area contributed by atoms with Crippen molar-refractivity contribution in [2.45, 2.75) is 18.6 Å². The Balaban J connectivity index is 1.30. The smallest absolute Gasteiger partial charge is 0.154 e. The van der Waals surface area contributed by atoms with Gasteiger partial charge in [0.05, 0.1) is 11.7 Å². The highest BCUT2D eigenvalue weighted by Gasteiger charge is 2.36. The van der Waals surface area contributed by atoms with E-state index in [-0.39, 0.29) is 12.2 Å². The summed E-state index contributed by atoms with van der Waals surface area (Å²) in [4.78, 5) is 7.47. The van der Waals surface area contributed by atoms with Gasteiger partial charge in [0.25, 0.3) is 0 Å². The maximum atomic E-state index is 5.05. The highest BCUT2D eigenvalue weighted by atomic mass is 79.9. The Morgan fingerprint density at radius 2 is 1.79 bits per heavy atom. The van der Waals surface area contributed by atoms with Gasteiger partial charge in [0.2, 0.25) is 0 Å². The molecule has 2 aliphatic heterocycles. The lowest BCUT2D eigenvalue weighted by Gasteiger charge is -2.33. The monoisotopic (exact) mass is 558 g/mol. The zero-order chi connectivity index (χ0) is 25.5. The molecule has 0 saturated heterocycles. The first-order valence-corrected chi connectivity index (χ1v) is 13.8. The van der Waals surface area contributed by atoms with Gasteiger partial charge in [0, 0.05) is 22.8 Å². The van der Waals surface area contributed by atoms with Gasteiger partial charge in [-0.15, -0.1) is 0 Å². The quantitative estimate of drug-likeness (QED) is 0.266. The molecule has 2 unspecified atom stereocenters. The van der Waals surface area contributed by atoms with E-state index in [1.165, 1.54) is 33.0 Å². The summed E-state index contributed by atoms with van der Waals surface area (Å²) < 4.78 is 1.07. The maximum absolute atomic E-state index is 5.05. The second-order valence-corrected chi connectivity index (χ2v) is 10.8. The second kappa shape index (κ2) is 9.66. The van der Waals surface area contributed by atoms with Crippen molar-refractivity contribution >= 4 is 43.8 Å². The van der Waals surface area contributed by atoms with Crippen LogP contribution >= 0.6 is 15.9 Å². The molecule has 0 radical (unpaired) electrons. The van der Waals surface area contributed by atoms with E-state index in [4.69, 9.17) is 4.98 Å². The first-order chi connectivity index (χ1) is 18.7. The van der Waals surface area contributed by atoms with Crippen LogP contribution in [0.5, 0.6) is 0 Å². The number of halogens is 1. The average molecular weight is 560 g/mol. The van der Waals surface area contributed by atoms with E-state index in [0.29, 0.717) is 0 Å². The number of hydrogen-bond donors (Lipinski definition) is 2. The summed E-state index contributed by atoms with van der Waals surface area (Å²) in [6, 6.07) is 24.3. The fraction of sp³-hybridized carbons (Fsp3) is 0.121. The molecule has 2 atom stereocenters. The first kappa shape index (κ1) is 23.1. The summed E-state index contributed by atoms with van der Waals surface area (Å²) in [7, 11) is 0. The van der Waals surface area contributed by atoms with E-state index < -0.39 is 0 Å². The minimum absolute atomic E-state index is 0.0329. The molecule has 5 heteroatoms. The summed E-state index contributed by atoms with van der Waals surface area (Å²) in [5, 5.41) is 9.65. The van der Waals surface area contributed by atoms with Crippen LogP contribution in [0.3, 0.4) is 0 Å². The standard InChI is InChI=1S/C33H27BrN4/c34-29-17-26(25-9-6-14-35-20-25)16-27(18-29)32-37-31-19-28(24-13-12-22-7-4-5-8-23(22)15-24)21-36-33(31)38(32)30-10-2-1-3-11-30/h1-10,12-19,21,30,32,35,37H,11,20H2. The third-order valence-electron chi connectivity index (χ3n) is 7.49. The Kier molecular flexibility index (Phi) is 5.86. The van der Waals surface area contributed by atoms with Crippen LogP contribution in [-0.2, 0) is 0 Å². The molecule has 0 saturated carbocycles. The molecule has 7 rings (SSSR count). The first-order valence-electron chi connectivity index (χ1n) is 13.0. The molecule has 0 bridgehead atoms. The van der Waals surface area contributed by atoms with Crippen molar-refractivity contribution in [2.24, 2.45) is 0 Å². The van der Waals surface area contributed by atoms with Gasteiger partial charge in [-0.1, -0.05) is 82.7 Å². The van der Waals surface area contributed by atoms with Crippen LogP contribution in [-0.4, -0.2) is 17.6 Å². The summed E-state index contributed by atoms with van der Waals surface area (Å²) in [5.74, 6) is 0.993. The topological polar surface area (TPSA) is 40.2 Å². The van der Waals surface area contributed by atoms with Crippen molar-refractivity contribution in [3.63, 3.8) is 0 Å². The van der Waals surface area contributed by atoms with Gasteiger partial charge in [0.1, 0.15) is 6.17 Å². The SMILES string of the molecule is Brc1cc(C2=CC=CNC2)cc(C2Nc3cc(-c4ccc5ccccc5c4)cnc3N2C2C=CC=CC2)c1. The molecular formula is C33H27BrN4. The number of aromatic nitrogens is 1. The van der Waals surface area contributed by atoms with Crippen LogP contribution in [0.15, 0.2) is 120 Å². The number of allylic oxidation sites excluding steroid dienone is 4. The van der Waals surface area contributed by atoms with Crippen LogP contribution < -0.4 is 15.5 Å². The molecule has 1 aliphatic carbocycles. The fourth-order valence-corrected chi connectivity index (χ4v) is 6.13. The van der Waals surface area contributed by atoms with E-state index >= 15 is 0 Å². The molecular weight excluding hydrogens is 532 g/mol. The van der Waals surface area contributed by atoms with Gasteiger partial charge in [-0.2, -0.15) is 0 Å². The lowest BCUT2D eigenvalue weighted by molar-refractivity contribution is 0.626. The molecule has 0 spiro atoms. The number of hydrogen-bond acceptors (Lipinski definition) is 4. The van der Waals surface area contributed by atoms with Crippen molar-refractivity contribution in [1.82, 2.24) is 10.3 Å². The minimum Gasteiger partial charge on any atom is -0.387 e. The van der Waals surface area contributed by atoms with E-state index in [9.17, 15) is 0 Å². The molecule has 3 aliphatic rings. The predicted octanol–water partition coefficient (Wildman–Crippen LogP) is 7.98. The van der Waals surface area contributed by atoms with Crippen LogP contribution in [0.4, 0.5) is 11.5 Å². The molecule has 2 N–H and O–H groups in total. The summed E-state index contributed by atoms with van der Waals surface area (Å²) in [6.07, 6.45) is 17.9. The minimum atomic E-state index is -0.0329. The van der Waals surface area contributed by atoms with Gasteiger partial charge in [-0.3, -0.25) is 0 Å². The van der Waals surface area contributed by atoms with E-state index in [1.54, 1.807) is 0 Å². The van der Waals surface area contributed by atoms with Crippen LogP contribution in [0, 0.1) is 0 Å². The Morgan fingerprint density at radius 3 is 2.63 bits per heavy atom. The predicted molar refractivity (Wildman–Crippen MR) is 162 cm³/mol. The lowest BCUT2D eigenvalue weighted by Crippen LogP contribution is -2.37. The van der Waals surface area contributed by atoms with Gasteiger partial charge in [-0.25, -0.2) is 4.98 Å². The maximum Gasteiger partial charge on any atom is 0.154 e. The van der Waals surface area contributed by atoms with E-state index in [0.717, 1.165) is 34.5 Å². The van der Waals surface area contributed by atoms with E-state index in [1.807, 2.05) is 12.4 Å². The number of dihydropyridines is 1. The van der Waals surface area contributed by atoms with Crippen LogP contribution in [0.1, 0.15) is 23.7 Å². The van der Waals surface area contributed by atoms with Crippen molar-refractivity contribution in [2.75, 3.05) is 16.8 Å².